The molecule has 0 radical (unpaired) electrons. The quantitative estimate of drug-likeness (QED) is 0.453. The Bertz CT molecular complexity index is 833. The summed E-state index contributed by atoms with van der Waals surface area (Å²) in [5.74, 6) is -1.18. The molecule has 1 atom stereocenters. The van der Waals surface area contributed by atoms with E-state index in [0.29, 0.717) is 38.8 Å². The van der Waals surface area contributed by atoms with E-state index in [4.69, 9.17) is 4.84 Å². The van der Waals surface area contributed by atoms with Crippen molar-refractivity contribution in [3.8, 4) is 0 Å². The Morgan fingerprint density at radius 2 is 1.87 bits per heavy atom. The Labute approximate surface area is 177 Å². The van der Waals surface area contributed by atoms with Crippen LogP contribution < -0.4 is 5.48 Å². The smallest absolute Gasteiger partial charge is 0.326 e. The summed E-state index contributed by atoms with van der Waals surface area (Å²) in [5.41, 5.74) is 7.01. The first kappa shape index (κ1) is 22.0. The Balaban J connectivity index is 1.49. The van der Waals surface area contributed by atoms with Crippen LogP contribution in [0.15, 0.2) is 29.8 Å². The molecule has 30 heavy (non-hydrogen) atoms. The van der Waals surface area contributed by atoms with Crippen LogP contribution in [0.4, 0.5) is 0 Å². The highest BCUT2D eigenvalue weighted by molar-refractivity contribution is 5.89. The van der Waals surface area contributed by atoms with Crippen molar-refractivity contribution in [3.63, 3.8) is 0 Å². The fourth-order valence-electron chi connectivity index (χ4n) is 4.26. The first-order valence-electron chi connectivity index (χ1n) is 10.7. The minimum atomic E-state index is -0.939. The Kier molecular flexibility index (Phi) is 7.63. The molecular formula is C23H30N2O5. The standard InChI is InChI=1S/C23H30N2O5/c1-2-30-24-21(26)11-5-3-4-6-12-22(27)25-15-19-17(14-20(25)23(28)29)13-16-9-7-8-10-18(16)19/h7-10,20H,2-6,11-15H2,1H3,(H,24,26)(H,28,29)/t20-/m1/s1. The van der Waals surface area contributed by atoms with E-state index in [1.54, 1.807) is 11.8 Å². The molecule has 1 aliphatic carbocycles. The molecule has 2 amide bonds. The lowest BCUT2D eigenvalue weighted by Crippen LogP contribution is -2.48. The van der Waals surface area contributed by atoms with Crippen LogP contribution in [-0.4, -0.2) is 47.0 Å². The van der Waals surface area contributed by atoms with Gasteiger partial charge in [0.05, 0.1) is 6.61 Å². The van der Waals surface area contributed by atoms with Gasteiger partial charge in [0, 0.05) is 25.8 Å². The monoisotopic (exact) mass is 414 g/mol. The van der Waals surface area contributed by atoms with Gasteiger partial charge < -0.3 is 10.0 Å². The zero-order valence-electron chi connectivity index (χ0n) is 17.5. The number of carboxylic acid groups (broad SMARTS) is 1. The summed E-state index contributed by atoms with van der Waals surface area (Å²) >= 11 is 0. The average Bonchev–Trinajstić information content (AvgIpc) is 3.11. The molecule has 7 nitrogen and oxygen atoms in total. The topological polar surface area (TPSA) is 95.9 Å². The fraction of sp³-hybridized carbons (Fsp3) is 0.522. The van der Waals surface area contributed by atoms with Gasteiger partial charge in [0.2, 0.25) is 11.8 Å². The van der Waals surface area contributed by atoms with Gasteiger partial charge in [-0.1, -0.05) is 42.7 Å². The van der Waals surface area contributed by atoms with Crippen molar-refractivity contribution in [2.75, 3.05) is 13.2 Å². The fourth-order valence-corrected chi connectivity index (χ4v) is 4.26. The van der Waals surface area contributed by atoms with Crippen molar-refractivity contribution < 1.29 is 24.3 Å². The van der Waals surface area contributed by atoms with Crippen LogP contribution in [0, 0.1) is 0 Å². The molecule has 0 fully saturated rings. The first-order valence-corrected chi connectivity index (χ1v) is 10.7. The second-order valence-electron chi connectivity index (χ2n) is 7.87. The van der Waals surface area contributed by atoms with E-state index in [2.05, 4.69) is 17.6 Å². The van der Waals surface area contributed by atoms with E-state index in [0.717, 1.165) is 42.4 Å². The maximum absolute atomic E-state index is 12.8. The second kappa shape index (κ2) is 10.4. The number of aliphatic carboxylic acids is 1. The lowest BCUT2D eigenvalue weighted by atomic mass is 9.93. The van der Waals surface area contributed by atoms with Gasteiger partial charge in [0.1, 0.15) is 6.04 Å². The van der Waals surface area contributed by atoms with Crippen LogP contribution in [0.2, 0.25) is 0 Å². The molecule has 1 heterocycles. The van der Waals surface area contributed by atoms with Crippen molar-refractivity contribution in [2.24, 2.45) is 0 Å². The largest absolute Gasteiger partial charge is 0.480 e. The van der Waals surface area contributed by atoms with Crippen LogP contribution in [0.3, 0.4) is 0 Å². The molecule has 0 bridgehead atoms. The SMILES string of the molecule is CCONC(=O)CCCCCCC(=O)N1CC2=C(Cc3ccccc32)C[C@@H]1C(=O)O. The molecular weight excluding hydrogens is 384 g/mol. The Morgan fingerprint density at radius 1 is 1.13 bits per heavy atom. The molecule has 0 aromatic heterocycles. The Morgan fingerprint density at radius 3 is 2.60 bits per heavy atom. The van der Waals surface area contributed by atoms with E-state index >= 15 is 0 Å². The summed E-state index contributed by atoms with van der Waals surface area (Å²) in [4.78, 5) is 42.5. The van der Waals surface area contributed by atoms with E-state index < -0.39 is 12.0 Å². The predicted molar refractivity (Wildman–Crippen MR) is 112 cm³/mol. The molecule has 1 aliphatic heterocycles. The van der Waals surface area contributed by atoms with Gasteiger partial charge in [-0.15, -0.1) is 0 Å². The number of fused-ring (bicyclic) bond motifs is 2. The molecule has 1 aromatic carbocycles. The van der Waals surface area contributed by atoms with Crippen LogP contribution >= 0.6 is 0 Å². The summed E-state index contributed by atoms with van der Waals surface area (Å²) in [6.45, 7) is 2.61. The van der Waals surface area contributed by atoms with Gasteiger partial charge in [-0.05, 0) is 42.9 Å². The summed E-state index contributed by atoms with van der Waals surface area (Å²) in [7, 11) is 0. The van der Waals surface area contributed by atoms with E-state index in [-0.39, 0.29) is 11.8 Å². The van der Waals surface area contributed by atoms with Gasteiger partial charge in [0.15, 0.2) is 0 Å². The summed E-state index contributed by atoms with van der Waals surface area (Å²) in [6, 6.07) is 7.33. The number of nitrogens with one attached hydrogen (secondary N) is 1. The minimum Gasteiger partial charge on any atom is -0.480 e. The molecule has 0 spiro atoms. The molecule has 0 saturated heterocycles. The molecule has 2 aliphatic rings. The predicted octanol–water partition coefficient (Wildman–Crippen LogP) is 3.09. The number of nitrogens with zero attached hydrogens (tertiary/aromatic N) is 1. The molecule has 0 unspecified atom stereocenters. The van der Waals surface area contributed by atoms with Crippen molar-refractivity contribution in [2.45, 2.75) is 64.3 Å². The second-order valence-corrected chi connectivity index (χ2v) is 7.87. The Hall–Kier alpha value is -2.67. The van der Waals surface area contributed by atoms with E-state index in [1.807, 2.05) is 12.1 Å². The van der Waals surface area contributed by atoms with Gasteiger partial charge in [-0.3, -0.25) is 14.4 Å². The highest BCUT2D eigenvalue weighted by Crippen LogP contribution is 2.39. The molecule has 7 heteroatoms. The number of hydrogen-bond donors (Lipinski definition) is 2. The summed E-state index contributed by atoms with van der Waals surface area (Å²) in [6.07, 6.45) is 5.03. The van der Waals surface area contributed by atoms with Gasteiger partial charge in [-0.25, -0.2) is 10.3 Å². The number of rotatable bonds is 10. The van der Waals surface area contributed by atoms with Crippen molar-refractivity contribution in [1.29, 1.82) is 0 Å². The zero-order valence-corrected chi connectivity index (χ0v) is 17.5. The number of hydrogen-bond acceptors (Lipinski definition) is 4. The van der Waals surface area contributed by atoms with Crippen LogP contribution in [0.1, 0.15) is 63.0 Å². The number of carbonyl (C=O) groups is 3. The van der Waals surface area contributed by atoms with E-state index in [9.17, 15) is 19.5 Å². The van der Waals surface area contributed by atoms with Crippen molar-refractivity contribution in [3.05, 3.63) is 41.0 Å². The lowest BCUT2D eigenvalue weighted by molar-refractivity contribution is -0.150. The van der Waals surface area contributed by atoms with Crippen LogP contribution in [0.5, 0.6) is 0 Å². The van der Waals surface area contributed by atoms with Crippen molar-refractivity contribution >= 4 is 23.4 Å². The van der Waals surface area contributed by atoms with Gasteiger partial charge >= 0.3 is 5.97 Å². The average molecular weight is 415 g/mol. The lowest BCUT2D eigenvalue weighted by Gasteiger charge is -2.34. The third-order valence-corrected chi connectivity index (χ3v) is 5.80. The first-order chi connectivity index (χ1) is 14.5. The summed E-state index contributed by atoms with van der Waals surface area (Å²) < 4.78 is 0. The number of hydroxylamine groups is 1. The van der Waals surface area contributed by atoms with Crippen molar-refractivity contribution in [1.82, 2.24) is 10.4 Å². The maximum atomic E-state index is 12.8. The molecule has 1 aromatic rings. The number of unbranched alkanes of at least 4 members (excludes halogenated alkanes) is 3. The van der Waals surface area contributed by atoms with E-state index in [1.165, 1.54) is 5.56 Å². The van der Waals surface area contributed by atoms with Gasteiger partial charge in [-0.2, -0.15) is 0 Å². The normalized spacial score (nSPS) is 17.5. The third kappa shape index (κ3) is 5.27. The van der Waals surface area contributed by atoms with Crippen LogP contribution in [0.25, 0.3) is 5.57 Å². The van der Waals surface area contributed by atoms with Gasteiger partial charge in [0.25, 0.3) is 0 Å². The number of benzene rings is 1. The number of carboxylic acids is 1. The highest BCUT2D eigenvalue weighted by Gasteiger charge is 2.38. The highest BCUT2D eigenvalue weighted by atomic mass is 16.6. The molecule has 162 valence electrons. The number of amides is 2. The molecule has 3 rings (SSSR count). The summed E-state index contributed by atoms with van der Waals surface area (Å²) in [5, 5.41) is 9.69. The number of carbonyl (C=O) groups excluding carboxylic acids is 2. The zero-order chi connectivity index (χ0) is 21.5. The third-order valence-electron chi connectivity index (χ3n) is 5.80. The maximum Gasteiger partial charge on any atom is 0.326 e. The molecule has 2 N–H and O–H groups in total. The molecule has 0 saturated carbocycles. The minimum absolute atomic E-state index is 0.104. The van der Waals surface area contributed by atoms with Crippen LogP contribution in [-0.2, 0) is 25.6 Å².